The van der Waals surface area contributed by atoms with Gasteiger partial charge in [0.1, 0.15) is 17.2 Å². The molecule has 0 bridgehead atoms. The summed E-state index contributed by atoms with van der Waals surface area (Å²) in [7, 11) is 0. The number of aromatic hydroxyl groups is 3. The van der Waals surface area contributed by atoms with Gasteiger partial charge in [-0.3, -0.25) is 0 Å². The molecule has 0 aliphatic rings. The van der Waals surface area contributed by atoms with Crippen LogP contribution in [0, 0.1) is 32.1 Å². The molecule has 0 radical (unpaired) electrons. The van der Waals surface area contributed by atoms with Gasteiger partial charge >= 0.3 is 0 Å². The molecule has 3 N–H and O–H groups in total. The number of hydrogen-bond acceptors (Lipinski definition) is 3. The van der Waals surface area contributed by atoms with Crippen LogP contribution in [-0.4, -0.2) is 15.3 Å². The van der Waals surface area contributed by atoms with E-state index in [9.17, 15) is 15.3 Å². The second-order valence-electron chi connectivity index (χ2n) is 39.6. The molecule has 0 saturated heterocycles. The molecule has 3 nitrogen and oxygen atoms in total. The molecule has 0 aliphatic carbocycles. The first-order chi connectivity index (χ1) is 57.8. The number of benzene rings is 3. The summed E-state index contributed by atoms with van der Waals surface area (Å²) in [5.74, 6) is 1.95. The highest BCUT2D eigenvalue weighted by Gasteiger charge is 2.66. The van der Waals surface area contributed by atoms with E-state index >= 15 is 0 Å². The summed E-state index contributed by atoms with van der Waals surface area (Å²) in [6, 6.07) is 15.2. The second kappa shape index (κ2) is 73.3. The van der Waals surface area contributed by atoms with Gasteiger partial charge < -0.3 is 15.3 Å². The first-order valence-electron chi connectivity index (χ1n) is 54.3. The molecule has 0 spiro atoms. The van der Waals surface area contributed by atoms with Gasteiger partial charge in [0, 0.05) is 10.8 Å². The Morgan fingerprint density at radius 2 is 0.390 bits per heavy atom. The van der Waals surface area contributed by atoms with Gasteiger partial charge in [-0.25, -0.2) is 0 Å². The molecule has 3 rings (SSSR count). The molecule has 118 heavy (non-hydrogen) atoms. The van der Waals surface area contributed by atoms with E-state index in [-0.39, 0.29) is 10.8 Å². The summed E-state index contributed by atoms with van der Waals surface area (Å²) < 4.78 is 0. The smallest absolute Gasteiger partial charge is 0.119 e. The Hall–Kier alpha value is -2.94. The Balaban J connectivity index is 2.94. The lowest BCUT2D eigenvalue weighted by Crippen LogP contribution is -2.62. The number of phenols is 3. The molecule has 686 valence electrons. The van der Waals surface area contributed by atoms with E-state index in [2.05, 4.69) is 119 Å². The van der Waals surface area contributed by atoms with Crippen LogP contribution in [0.5, 0.6) is 17.2 Å². The van der Waals surface area contributed by atoms with Gasteiger partial charge in [-0.2, -0.15) is 0 Å². The molecule has 0 aliphatic heterocycles. The van der Waals surface area contributed by atoms with Gasteiger partial charge in [0.15, 0.2) is 0 Å². The average Bonchev–Trinajstić information content (AvgIpc) is 0.676. The van der Waals surface area contributed by atoms with E-state index in [0.29, 0.717) is 23.2 Å². The molecule has 3 aromatic carbocycles. The van der Waals surface area contributed by atoms with E-state index in [1.807, 2.05) is 0 Å². The van der Waals surface area contributed by atoms with Crippen LogP contribution >= 0.6 is 0 Å². The van der Waals surface area contributed by atoms with Crippen LogP contribution in [0.1, 0.15) is 613 Å². The van der Waals surface area contributed by atoms with Gasteiger partial charge in [-0.15, -0.1) is 0 Å². The van der Waals surface area contributed by atoms with Gasteiger partial charge in [0.2, 0.25) is 0 Å². The van der Waals surface area contributed by atoms with Crippen LogP contribution in [-0.2, 0) is 30.1 Å². The van der Waals surface area contributed by atoms with Crippen LogP contribution in [0.2, 0.25) is 0 Å². The van der Waals surface area contributed by atoms with E-state index in [1.54, 1.807) is 5.56 Å². The van der Waals surface area contributed by atoms with Crippen molar-refractivity contribution in [3.8, 4) is 17.2 Å². The Morgan fingerprint density at radius 1 is 0.203 bits per heavy atom. The van der Waals surface area contributed by atoms with E-state index in [0.717, 1.165) is 81.8 Å². The molecule has 1 atom stereocenters. The third kappa shape index (κ3) is 43.3. The van der Waals surface area contributed by atoms with Crippen molar-refractivity contribution in [1.29, 1.82) is 0 Å². The first kappa shape index (κ1) is 109. The number of unbranched alkanes of at least 4 members (excludes halogenated alkanes) is 63. The summed E-state index contributed by atoms with van der Waals surface area (Å²) in [6.07, 6.45) is 105. The molecule has 1 unspecified atom stereocenters. The fraction of sp³-hybridized carbons (Fsp3) is 0.843. The quantitative estimate of drug-likeness (QED) is 0.0494. The van der Waals surface area contributed by atoms with E-state index in [4.69, 9.17) is 0 Å². The lowest BCUT2D eigenvalue weighted by Gasteiger charge is -2.66. The zero-order valence-electron chi connectivity index (χ0n) is 82.2. The van der Waals surface area contributed by atoms with Crippen LogP contribution in [0.3, 0.4) is 0 Å². The molecule has 3 heteroatoms. The average molecular weight is 1640 g/mol. The van der Waals surface area contributed by atoms with Crippen molar-refractivity contribution < 1.29 is 15.3 Å². The van der Waals surface area contributed by atoms with Crippen molar-refractivity contribution in [2.24, 2.45) is 11.3 Å². The maximum absolute atomic E-state index is 13.0. The topological polar surface area (TPSA) is 60.7 Å². The predicted molar refractivity (Wildman–Crippen MR) is 529 cm³/mol. The molecule has 0 heterocycles. The second-order valence-corrected chi connectivity index (χ2v) is 39.6. The third-order valence-electron chi connectivity index (χ3n) is 29.5. The Kier molecular flexibility index (Phi) is 67.8. The SMILES string of the molecule is CCCCCCCCCCCCCC(CCCCCCCCCCCCC)C(CCCCCCCCCCCCC)(c1cc(CCCC)c(O)cc1C)C(CCCCCCCCCCCCC)(CCCCCCCCCCCCC)C(CCCCCCCCCCCCC)(c1cc(CCCC)c(O)cc1C)c1cc(CCCC)c(O)cc1C. The Labute approximate surface area is 739 Å². The zero-order valence-corrected chi connectivity index (χ0v) is 82.2. The minimum absolute atomic E-state index is 0.307. The maximum Gasteiger partial charge on any atom is 0.119 e. The highest BCUT2D eigenvalue weighted by molar-refractivity contribution is 5.59. The van der Waals surface area contributed by atoms with Crippen LogP contribution < -0.4 is 0 Å². The molecule has 0 amide bonds. The standard InChI is InChI=1S/C115H208O3/c1-13-22-31-37-43-49-55-61-67-73-79-88-106(89-80-74-68-62-56-50-44-38-32-23-14-2)114(92-83-77-71-65-59-53-47-41-35-26-17-5,107-97-103(85-28-19-7)110(116)94-100(107)10)113(90-81-75-69-63-57-51-45-39-33-24-15-3,91-82-76-70-64-58-52-46-40-34-25-16-4)115(93-84-78-72-66-60-54-48-42-36-27-18-6,108-98-104(86-29-20-8)111(117)95-101(108)11)109-99-105(87-30-21-9)112(118)96-102(109)12/h94-99,106,116-118H,13-93H2,1-12H3. The fourth-order valence-corrected chi connectivity index (χ4v) is 22.4. The highest BCUT2D eigenvalue weighted by Crippen LogP contribution is 2.71. The number of phenolic OH excluding ortho intramolecular Hbond substituents is 3. The summed E-state index contributed by atoms with van der Waals surface area (Å²) >= 11 is 0. The lowest BCUT2D eigenvalue weighted by molar-refractivity contribution is -0.0507. The minimum atomic E-state index is -0.515. The molecule has 0 fully saturated rings. The number of rotatable bonds is 87. The van der Waals surface area contributed by atoms with Crippen LogP contribution in [0.4, 0.5) is 0 Å². The van der Waals surface area contributed by atoms with Crippen molar-refractivity contribution >= 4 is 0 Å². The Morgan fingerprint density at radius 3 is 0.627 bits per heavy atom. The van der Waals surface area contributed by atoms with Gasteiger partial charge in [0.25, 0.3) is 0 Å². The van der Waals surface area contributed by atoms with Crippen molar-refractivity contribution in [2.75, 3.05) is 0 Å². The summed E-state index contributed by atoms with van der Waals surface area (Å²) in [4.78, 5) is 0. The number of aryl methyl sites for hydroxylation is 6. The van der Waals surface area contributed by atoms with Crippen LogP contribution in [0.15, 0.2) is 36.4 Å². The Bertz CT molecular complexity index is 2630. The molecule has 0 aromatic heterocycles. The summed E-state index contributed by atoms with van der Waals surface area (Å²) in [6.45, 7) is 28.7. The first-order valence-corrected chi connectivity index (χ1v) is 54.3. The fourth-order valence-electron chi connectivity index (χ4n) is 22.4. The van der Waals surface area contributed by atoms with Crippen molar-refractivity contribution in [1.82, 2.24) is 0 Å². The maximum atomic E-state index is 13.0. The monoisotopic (exact) mass is 1640 g/mol. The van der Waals surface area contributed by atoms with E-state index < -0.39 is 5.41 Å². The predicted octanol–water partition coefficient (Wildman–Crippen LogP) is 39.8. The molecular weight excluding hydrogens is 1430 g/mol. The molecular formula is C115H208O3. The van der Waals surface area contributed by atoms with Crippen LogP contribution in [0.25, 0.3) is 0 Å². The van der Waals surface area contributed by atoms with Gasteiger partial charge in [-0.1, -0.05) is 524 Å². The minimum Gasteiger partial charge on any atom is -0.508 e. The highest BCUT2D eigenvalue weighted by atomic mass is 16.3. The van der Waals surface area contributed by atoms with Gasteiger partial charge in [-0.05, 0) is 177 Å². The van der Waals surface area contributed by atoms with Crippen molar-refractivity contribution in [3.05, 3.63) is 86.5 Å². The van der Waals surface area contributed by atoms with Crippen molar-refractivity contribution in [3.63, 3.8) is 0 Å². The summed E-state index contributed by atoms with van der Waals surface area (Å²) in [5.41, 5.74) is 11.0. The zero-order chi connectivity index (χ0) is 85.5. The lowest BCUT2D eigenvalue weighted by atomic mass is 9.37. The van der Waals surface area contributed by atoms with E-state index in [1.165, 1.54) is 483 Å². The summed E-state index contributed by atoms with van der Waals surface area (Å²) in [5, 5.41) is 38.7. The normalized spacial score (nSPS) is 12.7. The van der Waals surface area contributed by atoms with Crippen molar-refractivity contribution in [2.45, 2.75) is 614 Å². The number of hydrogen-bond donors (Lipinski definition) is 3. The van der Waals surface area contributed by atoms with Gasteiger partial charge in [0.05, 0.1) is 0 Å². The molecule has 0 saturated carbocycles. The largest absolute Gasteiger partial charge is 0.508 e. The third-order valence-corrected chi connectivity index (χ3v) is 29.5. The molecule has 3 aromatic rings.